The molecule has 3 aromatic rings. The first-order chi connectivity index (χ1) is 12.5. The average molecular weight is 369 g/mol. The van der Waals surface area contributed by atoms with Gasteiger partial charge in [-0.1, -0.05) is 43.0 Å². The molecule has 6 heteroatoms. The van der Waals surface area contributed by atoms with E-state index in [1.807, 2.05) is 57.2 Å². The number of rotatable bonds is 6. The highest BCUT2D eigenvalue weighted by Gasteiger charge is 2.14. The zero-order valence-corrected chi connectivity index (χ0v) is 16.1. The van der Waals surface area contributed by atoms with Crippen LogP contribution >= 0.6 is 11.8 Å². The minimum atomic E-state index is -0.0620. The summed E-state index contributed by atoms with van der Waals surface area (Å²) in [5.74, 6) is 0.204. The third-order valence-corrected chi connectivity index (χ3v) is 5.43. The van der Waals surface area contributed by atoms with E-state index in [4.69, 9.17) is 0 Å². The minimum Gasteiger partial charge on any atom is -0.353 e. The van der Waals surface area contributed by atoms with Gasteiger partial charge in [-0.3, -0.25) is 14.2 Å². The van der Waals surface area contributed by atoms with Gasteiger partial charge in [-0.25, -0.2) is 4.98 Å². The Morgan fingerprint density at radius 1 is 1.23 bits per heavy atom. The van der Waals surface area contributed by atoms with E-state index in [0.29, 0.717) is 22.6 Å². The second kappa shape index (κ2) is 7.91. The third kappa shape index (κ3) is 3.75. The van der Waals surface area contributed by atoms with Crippen LogP contribution in [0.3, 0.4) is 0 Å². The van der Waals surface area contributed by atoms with Gasteiger partial charge in [-0.05, 0) is 43.2 Å². The molecule has 0 fully saturated rings. The number of thioether (sulfide) groups is 1. The standard InChI is InChI=1S/C20H23N3O2S/c1-4-13(3)21-18(24)12-26-20-22-17-11-15-9-7-6-8-14(15)10-16(17)19(25)23(20)5-2/h6-11,13H,4-5,12H2,1-3H3,(H,21,24)/t13-/m0/s1. The molecule has 0 unspecified atom stereocenters. The fraction of sp³-hybridized carbons (Fsp3) is 0.350. The normalized spacial score (nSPS) is 12.4. The van der Waals surface area contributed by atoms with Crippen molar-refractivity contribution in [1.82, 2.24) is 14.9 Å². The molecule has 0 radical (unpaired) electrons. The molecule has 26 heavy (non-hydrogen) atoms. The third-order valence-electron chi connectivity index (χ3n) is 4.45. The van der Waals surface area contributed by atoms with Crippen molar-refractivity contribution in [3.05, 3.63) is 46.8 Å². The highest BCUT2D eigenvalue weighted by Crippen LogP contribution is 2.22. The Labute approximate surface area is 156 Å². The van der Waals surface area contributed by atoms with Gasteiger partial charge in [0.1, 0.15) is 0 Å². The summed E-state index contributed by atoms with van der Waals surface area (Å²) in [6, 6.07) is 11.9. The Kier molecular flexibility index (Phi) is 5.61. The predicted molar refractivity (Wildman–Crippen MR) is 108 cm³/mol. The van der Waals surface area contributed by atoms with Crippen molar-refractivity contribution in [2.45, 2.75) is 44.9 Å². The maximum atomic E-state index is 12.9. The van der Waals surface area contributed by atoms with Crippen LogP contribution in [0.2, 0.25) is 0 Å². The van der Waals surface area contributed by atoms with Crippen LogP contribution in [0.5, 0.6) is 0 Å². The molecule has 136 valence electrons. The maximum absolute atomic E-state index is 12.9. The largest absolute Gasteiger partial charge is 0.353 e. The van der Waals surface area contributed by atoms with Crippen LogP contribution in [0.4, 0.5) is 0 Å². The summed E-state index contributed by atoms with van der Waals surface area (Å²) < 4.78 is 1.64. The van der Waals surface area contributed by atoms with Gasteiger partial charge in [0.2, 0.25) is 5.91 Å². The minimum absolute atomic E-state index is 0.0418. The van der Waals surface area contributed by atoms with E-state index in [1.165, 1.54) is 11.8 Å². The van der Waals surface area contributed by atoms with E-state index >= 15 is 0 Å². The van der Waals surface area contributed by atoms with E-state index in [2.05, 4.69) is 10.3 Å². The first kappa shape index (κ1) is 18.5. The number of amides is 1. The van der Waals surface area contributed by atoms with Crippen molar-refractivity contribution >= 4 is 39.3 Å². The van der Waals surface area contributed by atoms with Crippen molar-refractivity contribution in [3.8, 4) is 0 Å². The average Bonchev–Trinajstić information content (AvgIpc) is 2.65. The maximum Gasteiger partial charge on any atom is 0.262 e. The van der Waals surface area contributed by atoms with Gasteiger partial charge in [-0.15, -0.1) is 0 Å². The van der Waals surface area contributed by atoms with Gasteiger partial charge in [0.15, 0.2) is 5.16 Å². The van der Waals surface area contributed by atoms with E-state index in [-0.39, 0.29) is 23.3 Å². The van der Waals surface area contributed by atoms with E-state index in [9.17, 15) is 9.59 Å². The highest BCUT2D eigenvalue weighted by molar-refractivity contribution is 7.99. The van der Waals surface area contributed by atoms with Crippen LogP contribution in [0, 0.1) is 0 Å². The number of hydrogen-bond acceptors (Lipinski definition) is 4. The second-order valence-corrected chi connectivity index (χ2v) is 7.27. The topological polar surface area (TPSA) is 64.0 Å². The van der Waals surface area contributed by atoms with E-state index in [0.717, 1.165) is 17.2 Å². The first-order valence-corrected chi connectivity index (χ1v) is 9.87. The lowest BCUT2D eigenvalue weighted by Crippen LogP contribution is -2.33. The first-order valence-electron chi connectivity index (χ1n) is 8.89. The Balaban J connectivity index is 1.98. The van der Waals surface area contributed by atoms with Crippen LogP contribution in [0.1, 0.15) is 27.2 Å². The van der Waals surface area contributed by atoms with Gasteiger partial charge in [0.25, 0.3) is 5.56 Å². The van der Waals surface area contributed by atoms with Crippen molar-refractivity contribution < 1.29 is 4.79 Å². The zero-order chi connectivity index (χ0) is 18.7. The summed E-state index contributed by atoms with van der Waals surface area (Å²) in [5.41, 5.74) is 0.608. The number of fused-ring (bicyclic) bond motifs is 2. The molecule has 0 spiro atoms. The number of benzene rings is 2. The molecule has 3 rings (SSSR count). The molecule has 0 bridgehead atoms. The zero-order valence-electron chi connectivity index (χ0n) is 15.3. The van der Waals surface area contributed by atoms with E-state index < -0.39 is 0 Å². The monoisotopic (exact) mass is 369 g/mol. The quantitative estimate of drug-likeness (QED) is 0.410. The van der Waals surface area contributed by atoms with Crippen molar-refractivity contribution in [2.75, 3.05) is 5.75 Å². The smallest absolute Gasteiger partial charge is 0.262 e. The number of carbonyl (C=O) groups is 1. The molecule has 1 aromatic heterocycles. The SMILES string of the molecule is CC[C@H](C)NC(=O)CSc1nc2cc3ccccc3cc2c(=O)n1CC. The second-order valence-electron chi connectivity index (χ2n) is 6.33. The number of nitrogens with one attached hydrogen (secondary N) is 1. The fourth-order valence-electron chi connectivity index (χ4n) is 2.83. The number of carbonyl (C=O) groups excluding carboxylic acids is 1. The Bertz CT molecular complexity index is 1010. The van der Waals surface area contributed by atoms with Gasteiger partial charge in [0.05, 0.1) is 16.7 Å². The number of hydrogen-bond donors (Lipinski definition) is 1. The molecule has 1 amide bonds. The summed E-state index contributed by atoms with van der Waals surface area (Å²) in [5, 5.41) is 6.20. The van der Waals surface area contributed by atoms with Gasteiger partial charge in [-0.2, -0.15) is 0 Å². The predicted octanol–water partition coefficient (Wildman–Crippen LogP) is 3.58. The Morgan fingerprint density at radius 3 is 2.58 bits per heavy atom. The molecular formula is C20H23N3O2S. The number of nitrogens with zero attached hydrogens (tertiary/aromatic N) is 2. The lowest BCUT2D eigenvalue weighted by molar-refractivity contribution is -0.119. The summed E-state index contributed by atoms with van der Waals surface area (Å²) >= 11 is 1.31. The van der Waals surface area contributed by atoms with Gasteiger partial charge >= 0.3 is 0 Å². The van der Waals surface area contributed by atoms with Crippen LogP contribution < -0.4 is 10.9 Å². The summed E-state index contributed by atoms with van der Waals surface area (Å²) in [6.07, 6.45) is 0.886. The van der Waals surface area contributed by atoms with Crippen LogP contribution in [0.15, 0.2) is 46.3 Å². The molecule has 0 aliphatic carbocycles. The molecule has 2 aromatic carbocycles. The summed E-state index contributed by atoms with van der Waals surface area (Å²) in [7, 11) is 0. The van der Waals surface area contributed by atoms with Crippen molar-refractivity contribution in [2.24, 2.45) is 0 Å². The number of aromatic nitrogens is 2. The highest BCUT2D eigenvalue weighted by atomic mass is 32.2. The molecule has 1 heterocycles. The van der Waals surface area contributed by atoms with Gasteiger partial charge < -0.3 is 5.32 Å². The molecular weight excluding hydrogens is 346 g/mol. The van der Waals surface area contributed by atoms with Crippen LogP contribution in [0.25, 0.3) is 21.7 Å². The van der Waals surface area contributed by atoms with Crippen LogP contribution in [-0.2, 0) is 11.3 Å². The Morgan fingerprint density at radius 2 is 1.92 bits per heavy atom. The van der Waals surface area contributed by atoms with Crippen molar-refractivity contribution in [1.29, 1.82) is 0 Å². The molecule has 0 saturated heterocycles. The fourth-order valence-corrected chi connectivity index (χ4v) is 3.70. The summed E-state index contributed by atoms with van der Waals surface area (Å²) in [6.45, 7) is 6.44. The van der Waals surface area contributed by atoms with Crippen LogP contribution in [-0.4, -0.2) is 27.3 Å². The molecule has 0 aliphatic rings. The summed E-state index contributed by atoms with van der Waals surface area (Å²) in [4.78, 5) is 29.6. The molecule has 1 N–H and O–H groups in total. The van der Waals surface area contributed by atoms with E-state index in [1.54, 1.807) is 4.57 Å². The molecule has 1 atom stereocenters. The molecule has 5 nitrogen and oxygen atoms in total. The molecule has 0 saturated carbocycles. The lowest BCUT2D eigenvalue weighted by Gasteiger charge is -2.13. The van der Waals surface area contributed by atoms with Gasteiger partial charge in [0, 0.05) is 12.6 Å². The Hall–Kier alpha value is -2.34. The molecule has 0 aliphatic heterocycles. The lowest BCUT2D eigenvalue weighted by atomic mass is 10.1. The van der Waals surface area contributed by atoms with Crippen molar-refractivity contribution in [3.63, 3.8) is 0 Å².